The van der Waals surface area contributed by atoms with Gasteiger partial charge in [0.1, 0.15) is 6.10 Å². The molecule has 2 atom stereocenters. The summed E-state index contributed by atoms with van der Waals surface area (Å²) in [5.74, 6) is -0.0141. The molecule has 0 bridgehead atoms. The zero-order valence-corrected chi connectivity index (χ0v) is 10.9. The van der Waals surface area contributed by atoms with Crippen LogP contribution in [-0.2, 0) is 14.3 Å². The lowest BCUT2D eigenvalue weighted by atomic mass is 10.1. The molecule has 0 spiro atoms. The maximum Gasteiger partial charge on any atom is 0.253 e. The molecule has 1 rings (SSSR count). The summed E-state index contributed by atoms with van der Waals surface area (Å²) in [6.45, 7) is 4.52. The van der Waals surface area contributed by atoms with Crippen LogP contribution in [-0.4, -0.2) is 56.4 Å². The third-order valence-corrected chi connectivity index (χ3v) is 3.02. The maximum absolute atomic E-state index is 12.0. The van der Waals surface area contributed by atoms with Gasteiger partial charge in [0.15, 0.2) is 0 Å². The van der Waals surface area contributed by atoms with Gasteiger partial charge in [0, 0.05) is 33.4 Å². The summed E-state index contributed by atoms with van der Waals surface area (Å²) in [5.41, 5.74) is 5.50. The van der Waals surface area contributed by atoms with Gasteiger partial charge in [0.05, 0.1) is 6.10 Å². The molecule has 5 heteroatoms. The van der Waals surface area contributed by atoms with Gasteiger partial charge < -0.3 is 20.1 Å². The summed E-state index contributed by atoms with van der Waals surface area (Å²) in [5, 5.41) is 0. The highest BCUT2D eigenvalue weighted by molar-refractivity contribution is 5.81. The Kier molecular flexibility index (Phi) is 6.47. The molecule has 1 aliphatic heterocycles. The fourth-order valence-electron chi connectivity index (χ4n) is 2.06. The van der Waals surface area contributed by atoms with E-state index in [1.807, 2.05) is 4.90 Å². The van der Waals surface area contributed by atoms with Crippen molar-refractivity contribution < 1.29 is 14.3 Å². The molecule has 1 heterocycles. The number of piperidine rings is 1. The number of rotatable bonds is 6. The molecule has 100 valence electrons. The van der Waals surface area contributed by atoms with Gasteiger partial charge in [-0.3, -0.25) is 4.79 Å². The molecule has 0 aromatic rings. The third kappa shape index (κ3) is 4.26. The number of likely N-dealkylation sites (tertiary alicyclic amines) is 1. The summed E-state index contributed by atoms with van der Waals surface area (Å²) in [7, 11) is 1.52. The summed E-state index contributed by atoms with van der Waals surface area (Å²) < 4.78 is 10.8. The van der Waals surface area contributed by atoms with Gasteiger partial charge in [0.2, 0.25) is 0 Å². The van der Waals surface area contributed by atoms with Gasteiger partial charge in [-0.15, -0.1) is 0 Å². The molecule has 1 aliphatic rings. The summed E-state index contributed by atoms with van der Waals surface area (Å²) in [4.78, 5) is 13.9. The van der Waals surface area contributed by atoms with E-state index in [1.54, 1.807) is 0 Å². The Morgan fingerprint density at radius 2 is 2.35 bits per heavy atom. The van der Waals surface area contributed by atoms with Crippen LogP contribution in [0.2, 0.25) is 0 Å². The van der Waals surface area contributed by atoms with Crippen molar-refractivity contribution in [1.82, 2.24) is 4.90 Å². The molecule has 17 heavy (non-hydrogen) atoms. The predicted octanol–water partition coefficient (Wildman–Crippen LogP) is 0.378. The Bertz CT molecular complexity index is 232. The van der Waals surface area contributed by atoms with Crippen LogP contribution in [0.3, 0.4) is 0 Å². The van der Waals surface area contributed by atoms with E-state index in [0.717, 1.165) is 32.4 Å². The largest absolute Gasteiger partial charge is 0.376 e. The molecular formula is C12H24N2O3. The van der Waals surface area contributed by atoms with Gasteiger partial charge in [0.25, 0.3) is 5.91 Å². The quantitative estimate of drug-likeness (QED) is 0.733. The highest BCUT2D eigenvalue weighted by atomic mass is 16.5. The lowest BCUT2D eigenvalue weighted by Gasteiger charge is -2.34. The van der Waals surface area contributed by atoms with Crippen LogP contribution in [0.1, 0.15) is 26.2 Å². The first kappa shape index (κ1) is 14.4. The van der Waals surface area contributed by atoms with Gasteiger partial charge in [-0.25, -0.2) is 0 Å². The van der Waals surface area contributed by atoms with Crippen LogP contribution in [0.5, 0.6) is 0 Å². The minimum Gasteiger partial charge on any atom is -0.376 e. The topological polar surface area (TPSA) is 64.8 Å². The van der Waals surface area contributed by atoms with E-state index in [0.29, 0.717) is 6.54 Å². The van der Waals surface area contributed by atoms with Crippen molar-refractivity contribution in [2.24, 2.45) is 5.73 Å². The van der Waals surface area contributed by atoms with Crippen molar-refractivity contribution in [3.05, 3.63) is 0 Å². The van der Waals surface area contributed by atoms with Crippen LogP contribution < -0.4 is 5.73 Å². The van der Waals surface area contributed by atoms with E-state index in [2.05, 4.69) is 6.92 Å². The molecule has 0 aliphatic carbocycles. The van der Waals surface area contributed by atoms with Crippen molar-refractivity contribution in [1.29, 1.82) is 0 Å². The highest BCUT2D eigenvalue weighted by Crippen LogP contribution is 2.14. The number of carbonyl (C=O) groups is 1. The normalized spacial score (nSPS) is 22.5. The van der Waals surface area contributed by atoms with E-state index in [-0.39, 0.29) is 18.6 Å². The Hall–Kier alpha value is -0.650. The second-order valence-corrected chi connectivity index (χ2v) is 4.38. The molecule has 1 amide bonds. The fraction of sp³-hybridized carbons (Fsp3) is 0.917. The lowest BCUT2D eigenvalue weighted by Crippen LogP contribution is -2.49. The standard InChI is InChI=1S/C12H24N2O3/c1-3-7-17-10-5-4-6-14(9-10)12(15)11(8-13)16-2/h10-11H,3-9,13H2,1-2H3. The first-order valence-corrected chi connectivity index (χ1v) is 6.36. The van der Waals surface area contributed by atoms with Crippen LogP contribution in [0.4, 0.5) is 0 Å². The van der Waals surface area contributed by atoms with Crippen LogP contribution in [0.15, 0.2) is 0 Å². The zero-order chi connectivity index (χ0) is 12.7. The first-order valence-electron chi connectivity index (χ1n) is 6.36. The highest BCUT2D eigenvalue weighted by Gasteiger charge is 2.28. The average Bonchev–Trinajstić information content (AvgIpc) is 2.38. The van der Waals surface area contributed by atoms with E-state index in [1.165, 1.54) is 7.11 Å². The first-order chi connectivity index (χ1) is 8.22. The van der Waals surface area contributed by atoms with Crippen molar-refractivity contribution in [2.75, 3.05) is 33.4 Å². The molecule has 1 fully saturated rings. The van der Waals surface area contributed by atoms with Gasteiger partial charge in [-0.2, -0.15) is 0 Å². The minimum atomic E-state index is -0.514. The number of methoxy groups -OCH3 is 1. The van der Waals surface area contributed by atoms with E-state index in [4.69, 9.17) is 15.2 Å². The zero-order valence-electron chi connectivity index (χ0n) is 10.9. The molecule has 5 nitrogen and oxygen atoms in total. The molecule has 1 saturated heterocycles. The monoisotopic (exact) mass is 244 g/mol. The average molecular weight is 244 g/mol. The Morgan fingerprint density at radius 3 is 2.94 bits per heavy atom. The molecule has 0 aromatic carbocycles. The molecule has 0 radical (unpaired) electrons. The second kappa shape index (κ2) is 7.63. The Balaban J connectivity index is 2.45. The number of carbonyl (C=O) groups excluding carboxylic acids is 1. The van der Waals surface area contributed by atoms with Crippen molar-refractivity contribution in [3.8, 4) is 0 Å². The lowest BCUT2D eigenvalue weighted by molar-refractivity contribution is -0.145. The van der Waals surface area contributed by atoms with Crippen molar-refractivity contribution in [3.63, 3.8) is 0 Å². The summed E-state index contributed by atoms with van der Waals surface area (Å²) in [6, 6.07) is 0. The van der Waals surface area contributed by atoms with Crippen LogP contribution in [0.25, 0.3) is 0 Å². The van der Waals surface area contributed by atoms with E-state index in [9.17, 15) is 4.79 Å². The molecular weight excluding hydrogens is 220 g/mol. The Labute approximate surface area is 103 Å². The number of amides is 1. The third-order valence-electron chi connectivity index (χ3n) is 3.02. The predicted molar refractivity (Wildman–Crippen MR) is 65.7 cm³/mol. The smallest absolute Gasteiger partial charge is 0.253 e. The number of ether oxygens (including phenoxy) is 2. The summed E-state index contributed by atoms with van der Waals surface area (Å²) >= 11 is 0. The van der Waals surface area contributed by atoms with Crippen LogP contribution >= 0.6 is 0 Å². The number of hydrogen-bond donors (Lipinski definition) is 1. The van der Waals surface area contributed by atoms with Crippen molar-refractivity contribution >= 4 is 5.91 Å². The Morgan fingerprint density at radius 1 is 1.59 bits per heavy atom. The SMILES string of the molecule is CCCOC1CCCN(C(=O)C(CN)OC)C1. The number of nitrogens with two attached hydrogens (primary N) is 1. The van der Waals surface area contributed by atoms with Gasteiger partial charge in [-0.05, 0) is 19.3 Å². The summed E-state index contributed by atoms with van der Waals surface area (Å²) in [6.07, 6.45) is 2.68. The fourth-order valence-corrected chi connectivity index (χ4v) is 2.06. The number of nitrogens with zero attached hydrogens (tertiary/aromatic N) is 1. The molecule has 2 unspecified atom stereocenters. The van der Waals surface area contributed by atoms with Gasteiger partial charge >= 0.3 is 0 Å². The molecule has 0 aromatic heterocycles. The maximum atomic E-state index is 12.0. The van der Waals surface area contributed by atoms with E-state index >= 15 is 0 Å². The van der Waals surface area contributed by atoms with Crippen LogP contribution in [0, 0.1) is 0 Å². The van der Waals surface area contributed by atoms with Crippen molar-refractivity contribution in [2.45, 2.75) is 38.4 Å². The number of hydrogen-bond acceptors (Lipinski definition) is 4. The van der Waals surface area contributed by atoms with E-state index < -0.39 is 6.10 Å². The molecule has 0 saturated carbocycles. The minimum absolute atomic E-state index is 0.0141. The van der Waals surface area contributed by atoms with Gasteiger partial charge in [-0.1, -0.05) is 6.92 Å². The second-order valence-electron chi connectivity index (χ2n) is 4.38. The molecule has 2 N–H and O–H groups in total.